The second kappa shape index (κ2) is 7.61. The molecule has 4 nitrogen and oxygen atoms in total. The highest BCUT2D eigenvalue weighted by atomic mass is 35.5. The Bertz CT molecular complexity index is 495. The third kappa shape index (κ3) is 6.23. The number of amides is 1. The first-order chi connectivity index (χ1) is 8.22. The number of benzene rings is 1. The van der Waals surface area contributed by atoms with Crippen molar-refractivity contribution < 1.29 is 13.2 Å². The molecule has 1 N–H and O–H groups in total. The van der Waals surface area contributed by atoms with Gasteiger partial charge in [-0.3, -0.25) is 4.79 Å². The van der Waals surface area contributed by atoms with Crippen molar-refractivity contribution in [2.45, 2.75) is 32.1 Å². The standard InChI is InChI=1S/C8H7Cl2NO3S.C3H8/c1-5(12)11-15(13,14)8-3-6(9)2-7(10)4-8;1-3-2/h2-4H,1H3,(H,11,12);3H2,1-2H3. The third-order valence-corrected chi connectivity index (χ3v) is 3.27. The summed E-state index contributed by atoms with van der Waals surface area (Å²) in [7, 11) is -3.87. The fourth-order valence-corrected chi connectivity index (χ4v) is 2.65. The molecule has 1 aromatic rings. The van der Waals surface area contributed by atoms with Gasteiger partial charge in [0.1, 0.15) is 0 Å². The van der Waals surface area contributed by atoms with Crippen LogP contribution in [0.25, 0.3) is 0 Å². The van der Waals surface area contributed by atoms with Crippen LogP contribution in [-0.4, -0.2) is 14.3 Å². The predicted octanol–water partition coefficient (Wildman–Crippen LogP) is 3.23. The van der Waals surface area contributed by atoms with E-state index in [2.05, 4.69) is 13.8 Å². The molecule has 1 aromatic carbocycles. The van der Waals surface area contributed by atoms with Crippen LogP contribution in [0.4, 0.5) is 0 Å². The lowest BCUT2D eigenvalue weighted by atomic mass is 10.4. The molecule has 0 aliphatic carbocycles. The van der Waals surface area contributed by atoms with E-state index in [0.717, 1.165) is 6.92 Å². The number of carbonyl (C=O) groups excluding carboxylic acids is 1. The van der Waals surface area contributed by atoms with Gasteiger partial charge in [0.2, 0.25) is 5.91 Å². The summed E-state index contributed by atoms with van der Waals surface area (Å²) in [4.78, 5) is 10.5. The highest BCUT2D eigenvalue weighted by molar-refractivity contribution is 7.90. The van der Waals surface area contributed by atoms with Gasteiger partial charge in [0.05, 0.1) is 4.90 Å². The molecule has 0 aliphatic rings. The van der Waals surface area contributed by atoms with Gasteiger partial charge in [0, 0.05) is 17.0 Å². The quantitative estimate of drug-likeness (QED) is 0.912. The van der Waals surface area contributed by atoms with Gasteiger partial charge in [-0.2, -0.15) is 0 Å². The lowest BCUT2D eigenvalue weighted by molar-refractivity contribution is -0.117. The van der Waals surface area contributed by atoms with E-state index in [4.69, 9.17) is 23.2 Å². The zero-order valence-electron chi connectivity index (χ0n) is 10.3. The second-order valence-electron chi connectivity index (χ2n) is 3.47. The first-order valence-electron chi connectivity index (χ1n) is 5.22. The van der Waals surface area contributed by atoms with Crippen molar-refractivity contribution in [1.29, 1.82) is 0 Å². The number of halogens is 2. The average molecular weight is 312 g/mol. The molecule has 0 aromatic heterocycles. The molecule has 0 heterocycles. The van der Waals surface area contributed by atoms with Crippen molar-refractivity contribution in [3.63, 3.8) is 0 Å². The molecular formula is C11H15Cl2NO3S. The minimum Gasteiger partial charge on any atom is -0.274 e. The number of hydrogen-bond donors (Lipinski definition) is 1. The Balaban J connectivity index is 0.000000873. The summed E-state index contributed by atoms with van der Waals surface area (Å²) < 4.78 is 24.8. The first-order valence-corrected chi connectivity index (χ1v) is 7.46. The third-order valence-electron chi connectivity index (χ3n) is 1.42. The molecule has 0 radical (unpaired) electrons. The maximum Gasteiger partial charge on any atom is 0.264 e. The summed E-state index contributed by atoms with van der Waals surface area (Å²) in [6.07, 6.45) is 1.25. The van der Waals surface area contributed by atoms with Gasteiger partial charge in [-0.25, -0.2) is 13.1 Å². The van der Waals surface area contributed by atoms with Gasteiger partial charge in [0.25, 0.3) is 10.0 Å². The minimum absolute atomic E-state index is 0.143. The maximum absolute atomic E-state index is 11.5. The molecule has 0 saturated carbocycles. The molecule has 102 valence electrons. The van der Waals surface area contributed by atoms with Crippen LogP contribution in [0.3, 0.4) is 0 Å². The molecule has 1 amide bonds. The largest absolute Gasteiger partial charge is 0.274 e. The van der Waals surface area contributed by atoms with E-state index in [9.17, 15) is 13.2 Å². The molecule has 0 fully saturated rings. The Morgan fingerprint density at radius 1 is 1.17 bits per heavy atom. The van der Waals surface area contributed by atoms with Crippen molar-refractivity contribution >= 4 is 39.1 Å². The molecule has 0 atom stereocenters. The minimum atomic E-state index is -3.87. The van der Waals surface area contributed by atoms with Gasteiger partial charge in [-0.1, -0.05) is 43.5 Å². The summed E-state index contributed by atoms with van der Waals surface area (Å²) in [6, 6.07) is 3.81. The molecule has 0 aliphatic heterocycles. The predicted molar refractivity (Wildman–Crippen MR) is 73.4 cm³/mol. The van der Waals surface area contributed by atoms with E-state index in [0.29, 0.717) is 0 Å². The monoisotopic (exact) mass is 311 g/mol. The van der Waals surface area contributed by atoms with Crippen LogP contribution in [0.5, 0.6) is 0 Å². The van der Waals surface area contributed by atoms with E-state index in [1.807, 2.05) is 0 Å². The van der Waals surface area contributed by atoms with E-state index >= 15 is 0 Å². The fraction of sp³-hybridized carbons (Fsp3) is 0.364. The lowest BCUT2D eigenvalue weighted by Crippen LogP contribution is -2.28. The maximum atomic E-state index is 11.5. The van der Waals surface area contributed by atoms with E-state index in [-0.39, 0.29) is 14.9 Å². The Hall–Kier alpha value is -0.780. The molecule has 0 saturated heterocycles. The van der Waals surface area contributed by atoms with Crippen molar-refractivity contribution in [1.82, 2.24) is 4.72 Å². The summed E-state index contributed by atoms with van der Waals surface area (Å²) in [5.74, 6) is -0.675. The normalized spacial score (nSPS) is 10.3. The SMILES string of the molecule is CC(=O)NS(=O)(=O)c1cc(Cl)cc(Cl)c1.CCC. The van der Waals surface area contributed by atoms with Crippen LogP contribution < -0.4 is 4.72 Å². The Kier molecular flexibility index (Phi) is 7.28. The summed E-state index contributed by atoms with van der Waals surface area (Å²) >= 11 is 11.3. The first kappa shape index (κ1) is 17.2. The van der Waals surface area contributed by atoms with Crippen LogP contribution in [0.1, 0.15) is 27.2 Å². The average Bonchev–Trinajstić information content (AvgIpc) is 2.14. The second-order valence-corrected chi connectivity index (χ2v) is 6.03. The summed E-state index contributed by atoms with van der Waals surface area (Å²) in [5, 5.41) is 0.373. The van der Waals surface area contributed by atoms with Gasteiger partial charge >= 0.3 is 0 Å². The smallest absolute Gasteiger partial charge is 0.264 e. The highest BCUT2D eigenvalue weighted by Gasteiger charge is 2.16. The van der Waals surface area contributed by atoms with Crippen molar-refractivity contribution in [2.24, 2.45) is 0 Å². The molecule has 0 spiro atoms. The Morgan fingerprint density at radius 3 is 1.89 bits per heavy atom. The molecule has 1 rings (SSSR count). The lowest BCUT2D eigenvalue weighted by Gasteiger charge is -2.05. The van der Waals surface area contributed by atoms with Crippen molar-refractivity contribution in [2.75, 3.05) is 0 Å². The van der Waals surface area contributed by atoms with Gasteiger partial charge in [-0.15, -0.1) is 0 Å². The number of nitrogens with one attached hydrogen (secondary N) is 1. The fourth-order valence-electron chi connectivity index (χ4n) is 0.932. The van der Waals surface area contributed by atoms with Gasteiger partial charge in [-0.05, 0) is 18.2 Å². The summed E-state index contributed by atoms with van der Waals surface area (Å²) in [5.41, 5.74) is 0. The van der Waals surface area contributed by atoms with Crippen molar-refractivity contribution in [3.05, 3.63) is 28.2 Å². The van der Waals surface area contributed by atoms with Crippen molar-refractivity contribution in [3.8, 4) is 0 Å². The van der Waals surface area contributed by atoms with Crippen LogP contribution in [-0.2, 0) is 14.8 Å². The van der Waals surface area contributed by atoms with Crippen LogP contribution in [0.2, 0.25) is 10.0 Å². The number of carbonyl (C=O) groups is 1. The number of sulfonamides is 1. The van der Waals surface area contributed by atoms with E-state index < -0.39 is 15.9 Å². The van der Waals surface area contributed by atoms with Gasteiger partial charge in [0.15, 0.2) is 0 Å². The zero-order chi connectivity index (χ0) is 14.3. The highest BCUT2D eigenvalue weighted by Crippen LogP contribution is 2.21. The van der Waals surface area contributed by atoms with Crippen LogP contribution in [0.15, 0.2) is 23.1 Å². The molecule has 0 bridgehead atoms. The molecule has 18 heavy (non-hydrogen) atoms. The molecular weight excluding hydrogens is 297 g/mol. The number of rotatable bonds is 2. The van der Waals surface area contributed by atoms with E-state index in [1.54, 1.807) is 4.72 Å². The van der Waals surface area contributed by atoms with Crippen LogP contribution in [0, 0.1) is 0 Å². The summed E-state index contributed by atoms with van der Waals surface area (Å²) in [6.45, 7) is 5.35. The molecule has 0 unspecified atom stereocenters. The molecule has 7 heteroatoms. The number of hydrogen-bond acceptors (Lipinski definition) is 3. The topological polar surface area (TPSA) is 63.2 Å². The Morgan fingerprint density at radius 2 is 1.56 bits per heavy atom. The van der Waals surface area contributed by atoms with Crippen LogP contribution >= 0.6 is 23.2 Å². The van der Waals surface area contributed by atoms with Gasteiger partial charge < -0.3 is 0 Å². The zero-order valence-corrected chi connectivity index (χ0v) is 12.7. The Labute approximate surface area is 117 Å². The van der Waals surface area contributed by atoms with E-state index in [1.165, 1.54) is 24.6 Å².